The molecule has 0 atom stereocenters. The number of esters is 1. The lowest BCUT2D eigenvalue weighted by Crippen LogP contribution is -2.25. The summed E-state index contributed by atoms with van der Waals surface area (Å²) in [6.45, 7) is 1.56. The Kier molecular flexibility index (Phi) is 5.84. The standard InChI is InChI=1S/C13H17NO5S/c1-10(15)11-5-7-12(8-6-11)20(17,18)14-9-3-4-13(16)19-2/h5-8,14H,3-4,9H2,1-2H3. The fourth-order valence-corrected chi connectivity index (χ4v) is 2.57. The van der Waals surface area contributed by atoms with E-state index in [0.717, 1.165) is 0 Å². The molecule has 1 N–H and O–H groups in total. The predicted molar refractivity (Wildman–Crippen MR) is 72.9 cm³/mol. The molecule has 0 fully saturated rings. The van der Waals surface area contributed by atoms with Gasteiger partial charge in [-0.2, -0.15) is 0 Å². The smallest absolute Gasteiger partial charge is 0.305 e. The number of hydrogen-bond donors (Lipinski definition) is 1. The van der Waals surface area contributed by atoms with Gasteiger partial charge in [-0.05, 0) is 25.5 Å². The molecule has 20 heavy (non-hydrogen) atoms. The first-order chi connectivity index (χ1) is 9.36. The number of carbonyl (C=O) groups excluding carboxylic acids is 2. The monoisotopic (exact) mass is 299 g/mol. The summed E-state index contributed by atoms with van der Waals surface area (Å²) in [5.41, 5.74) is 0.453. The van der Waals surface area contributed by atoms with Gasteiger partial charge in [0.15, 0.2) is 5.78 Å². The van der Waals surface area contributed by atoms with Gasteiger partial charge in [-0.1, -0.05) is 12.1 Å². The predicted octanol–water partition coefficient (Wildman–Crippen LogP) is 1.12. The quantitative estimate of drug-likeness (QED) is 0.463. The molecule has 1 rings (SSSR count). The van der Waals surface area contributed by atoms with E-state index < -0.39 is 10.0 Å². The first-order valence-electron chi connectivity index (χ1n) is 6.04. The van der Waals surface area contributed by atoms with E-state index >= 15 is 0 Å². The Bertz CT molecular complexity index is 577. The van der Waals surface area contributed by atoms with Crippen LogP contribution in [0.2, 0.25) is 0 Å². The Morgan fingerprint density at radius 1 is 1.20 bits per heavy atom. The van der Waals surface area contributed by atoms with E-state index in [2.05, 4.69) is 9.46 Å². The van der Waals surface area contributed by atoms with Crippen LogP contribution in [0.15, 0.2) is 29.2 Å². The third-order valence-electron chi connectivity index (χ3n) is 2.65. The Hall–Kier alpha value is -1.73. The summed E-state index contributed by atoms with van der Waals surface area (Å²) < 4.78 is 30.7. The fraction of sp³-hybridized carbons (Fsp3) is 0.385. The van der Waals surface area contributed by atoms with Gasteiger partial charge in [0.2, 0.25) is 10.0 Å². The molecule has 0 saturated carbocycles. The summed E-state index contributed by atoms with van der Waals surface area (Å²) in [7, 11) is -2.34. The third kappa shape index (κ3) is 4.75. The van der Waals surface area contributed by atoms with Gasteiger partial charge in [-0.25, -0.2) is 13.1 Å². The largest absolute Gasteiger partial charge is 0.469 e. The van der Waals surface area contributed by atoms with E-state index in [1.165, 1.54) is 38.3 Å². The molecule has 0 aromatic heterocycles. The van der Waals surface area contributed by atoms with Crippen molar-refractivity contribution in [1.29, 1.82) is 0 Å². The van der Waals surface area contributed by atoms with E-state index in [0.29, 0.717) is 12.0 Å². The summed E-state index contributed by atoms with van der Waals surface area (Å²) in [6.07, 6.45) is 0.514. The highest BCUT2D eigenvalue weighted by Gasteiger charge is 2.13. The van der Waals surface area contributed by atoms with Crippen LogP contribution in [0.1, 0.15) is 30.1 Å². The van der Waals surface area contributed by atoms with Crippen LogP contribution in [0.25, 0.3) is 0 Å². The molecule has 0 unspecified atom stereocenters. The Balaban J connectivity index is 2.60. The van der Waals surface area contributed by atoms with E-state index in [1.54, 1.807) is 0 Å². The number of ether oxygens (including phenoxy) is 1. The van der Waals surface area contributed by atoms with Crippen LogP contribution in [0.5, 0.6) is 0 Å². The Labute approximate surface area is 118 Å². The second-order valence-corrected chi connectivity index (χ2v) is 5.92. The SMILES string of the molecule is COC(=O)CCCNS(=O)(=O)c1ccc(C(C)=O)cc1. The molecule has 0 aliphatic carbocycles. The zero-order valence-electron chi connectivity index (χ0n) is 11.4. The molecule has 0 heterocycles. The molecule has 7 heteroatoms. The first kappa shape index (κ1) is 16.3. The van der Waals surface area contributed by atoms with E-state index in [1.807, 2.05) is 0 Å². The normalized spacial score (nSPS) is 11.1. The molecule has 0 radical (unpaired) electrons. The van der Waals surface area contributed by atoms with Gasteiger partial charge in [0.05, 0.1) is 12.0 Å². The molecule has 0 bridgehead atoms. The molecule has 0 amide bonds. The van der Waals surface area contributed by atoms with Crippen molar-refractivity contribution in [3.05, 3.63) is 29.8 Å². The Morgan fingerprint density at radius 3 is 2.30 bits per heavy atom. The van der Waals surface area contributed by atoms with E-state index in [9.17, 15) is 18.0 Å². The molecular formula is C13H17NO5S. The summed E-state index contributed by atoms with van der Waals surface area (Å²) in [5.74, 6) is -0.505. The lowest BCUT2D eigenvalue weighted by Gasteiger charge is -2.06. The minimum Gasteiger partial charge on any atom is -0.469 e. The van der Waals surface area contributed by atoms with Gasteiger partial charge >= 0.3 is 5.97 Å². The van der Waals surface area contributed by atoms with E-state index in [4.69, 9.17) is 0 Å². The lowest BCUT2D eigenvalue weighted by molar-refractivity contribution is -0.140. The number of ketones is 1. The maximum Gasteiger partial charge on any atom is 0.305 e. The van der Waals surface area contributed by atoms with Crippen LogP contribution in [0.3, 0.4) is 0 Å². The Morgan fingerprint density at radius 2 is 1.80 bits per heavy atom. The summed E-state index contributed by atoms with van der Waals surface area (Å²) in [5, 5.41) is 0. The van der Waals surface area contributed by atoms with Crippen molar-refractivity contribution in [3.63, 3.8) is 0 Å². The average Bonchev–Trinajstić information content (AvgIpc) is 2.43. The highest BCUT2D eigenvalue weighted by atomic mass is 32.2. The van der Waals surface area contributed by atoms with Gasteiger partial charge in [0, 0.05) is 18.5 Å². The number of Topliss-reactive ketones (excluding diaryl/α,β-unsaturated/α-hetero) is 1. The maximum absolute atomic E-state index is 11.9. The topological polar surface area (TPSA) is 89.5 Å². The summed E-state index contributed by atoms with van der Waals surface area (Å²) in [4.78, 5) is 22.1. The molecule has 0 spiro atoms. The third-order valence-corrected chi connectivity index (χ3v) is 4.13. The van der Waals surface area contributed by atoms with Crippen molar-refractivity contribution in [1.82, 2.24) is 4.72 Å². The van der Waals surface area contributed by atoms with E-state index in [-0.39, 0.29) is 29.6 Å². The van der Waals surface area contributed by atoms with Gasteiger partial charge in [-0.15, -0.1) is 0 Å². The molecule has 1 aromatic carbocycles. The second-order valence-electron chi connectivity index (χ2n) is 4.16. The zero-order chi connectivity index (χ0) is 15.2. The molecular weight excluding hydrogens is 282 g/mol. The van der Waals surface area contributed by atoms with Crippen molar-refractivity contribution >= 4 is 21.8 Å². The summed E-state index contributed by atoms with van der Waals surface area (Å²) in [6, 6.07) is 5.68. The number of hydrogen-bond acceptors (Lipinski definition) is 5. The van der Waals surface area contributed by atoms with Crippen molar-refractivity contribution in [2.45, 2.75) is 24.7 Å². The van der Waals surface area contributed by atoms with Crippen molar-refractivity contribution in [2.24, 2.45) is 0 Å². The van der Waals surface area contributed by atoms with Crippen LogP contribution in [0.4, 0.5) is 0 Å². The number of benzene rings is 1. The lowest BCUT2D eigenvalue weighted by atomic mass is 10.2. The molecule has 110 valence electrons. The fourth-order valence-electron chi connectivity index (χ4n) is 1.49. The highest BCUT2D eigenvalue weighted by Crippen LogP contribution is 2.11. The van der Waals surface area contributed by atoms with Crippen molar-refractivity contribution in [3.8, 4) is 0 Å². The minimum atomic E-state index is -3.62. The minimum absolute atomic E-state index is 0.0839. The van der Waals surface area contributed by atoms with Crippen molar-refractivity contribution < 1.29 is 22.7 Å². The van der Waals surface area contributed by atoms with Crippen LogP contribution < -0.4 is 4.72 Å². The van der Waals surface area contributed by atoms with Crippen LogP contribution in [-0.2, 0) is 19.6 Å². The molecule has 0 saturated heterocycles. The zero-order valence-corrected chi connectivity index (χ0v) is 12.2. The molecule has 6 nitrogen and oxygen atoms in total. The average molecular weight is 299 g/mol. The van der Waals surface area contributed by atoms with Crippen molar-refractivity contribution in [2.75, 3.05) is 13.7 Å². The summed E-state index contributed by atoms with van der Waals surface area (Å²) >= 11 is 0. The second kappa shape index (κ2) is 7.16. The van der Waals surface area contributed by atoms with Gasteiger partial charge in [-0.3, -0.25) is 9.59 Å². The van der Waals surface area contributed by atoms with Crippen LogP contribution >= 0.6 is 0 Å². The maximum atomic E-state index is 11.9. The van der Waals surface area contributed by atoms with Gasteiger partial charge in [0.25, 0.3) is 0 Å². The molecule has 0 aliphatic rings. The van der Waals surface area contributed by atoms with Gasteiger partial charge in [0.1, 0.15) is 0 Å². The molecule has 0 aliphatic heterocycles. The van der Waals surface area contributed by atoms with Crippen LogP contribution in [-0.4, -0.2) is 33.8 Å². The first-order valence-corrected chi connectivity index (χ1v) is 7.52. The number of methoxy groups -OCH3 is 1. The molecule has 1 aromatic rings. The number of carbonyl (C=O) groups is 2. The van der Waals surface area contributed by atoms with Crippen LogP contribution in [0, 0.1) is 0 Å². The van der Waals surface area contributed by atoms with Gasteiger partial charge < -0.3 is 4.74 Å². The number of rotatable bonds is 7. The highest BCUT2D eigenvalue weighted by molar-refractivity contribution is 7.89. The number of nitrogens with one attached hydrogen (secondary N) is 1. The number of sulfonamides is 1.